The molecule has 15 heavy (non-hydrogen) atoms. The second kappa shape index (κ2) is 8.96. The Bertz CT molecular complexity index is 163. The summed E-state index contributed by atoms with van der Waals surface area (Å²) in [4.78, 5) is 0. The fourth-order valence-corrected chi connectivity index (χ4v) is 2.19. The van der Waals surface area contributed by atoms with E-state index in [0.717, 1.165) is 6.04 Å². The van der Waals surface area contributed by atoms with Gasteiger partial charge in [-0.05, 0) is 32.2 Å². The first-order chi connectivity index (χ1) is 7.43. The third-order valence-electron chi connectivity index (χ3n) is 3.23. The van der Waals surface area contributed by atoms with Crippen molar-refractivity contribution < 1.29 is 0 Å². The summed E-state index contributed by atoms with van der Waals surface area (Å²) in [7, 11) is 0. The fourth-order valence-electron chi connectivity index (χ4n) is 2.19. The van der Waals surface area contributed by atoms with Crippen molar-refractivity contribution in [2.24, 2.45) is 0 Å². The lowest BCUT2D eigenvalue weighted by Crippen LogP contribution is -2.30. The van der Waals surface area contributed by atoms with Crippen LogP contribution in [-0.4, -0.2) is 12.6 Å². The Balaban J connectivity index is 1.82. The van der Waals surface area contributed by atoms with Crippen LogP contribution in [0, 0.1) is 0 Å². The van der Waals surface area contributed by atoms with Crippen LogP contribution in [0.3, 0.4) is 0 Å². The van der Waals surface area contributed by atoms with E-state index in [1.54, 1.807) is 0 Å². The van der Waals surface area contributed by atoms with Crippen LogP contribution >= 0.6 is 0 Å². The van der Waals surface area contributed by atoms with Gasteiger partial charge in [-0.3, -0.25) is 0 Å². The number of nitrogens with one attached hydrogen (secondary N) is 1. The molecule has 0 saturated heterocycles. The summed E-state index contributed by atoms with van der Waals surface area (Å²) in [6, 6.07) is 0.769. The maximum atomic E-state index is 3.66. The van der Waals surface area contributed by atoms with Crippen molar-refractivity contribution in [1.82, 2.24) is 5.32 Å². The molecule has 0 saturated carbocycles. The zero-order valence-corrected chi connectivity index (χ0v) is 10.3. The standard InChI is InChI=1S/C14H27N/c1-2-3-4-5-6-10-13-15-14-11-8-7-9-12-14/h7-8,14-15H,2-6,9-13H2,1H3. The van der Waals surface area contributed by atoms with Gasteiger partial charge in [0.25, 0.3) is 0 Å². The number of hydrogen-bond donors (Lipinski definition) is 1. The first kappa shape index (κ1) is 12.8. The van der Waals surface area contributed by atoms with Crippen molar-refractivity contribution in [2.75, 3.05) is 6.54 Å². The highest BCUT2D eigenvalue weighted by Crippen LogP contribution is 2.10. The molecular formula is C14H27N. The quantitative estimate of drug-likeness (QED) is 0.470. The summed E-state index contributed by atoms with van der Waals surface area (Å²) < 4.78 is 0. The minimum Gasteiger partial charge on any atom is -0.314 e. The monoisotopic (exact) mass is 209 g/mol. The Morgan fingerprint density at radius 2 is 1.87 bits per heavy atom. The highest BCUT2D eigenvalue weighted by Gasteiger charge is 2.07. The predicted octanol–water partition coefficient (Wildman–Crippen LogP) is 4.05. The topological polar surface area (TPSA) is 12.0 Å². The summed E-state index contributed by atoms with van der Waals surface area (Å²) in [5.41, 5.74) is 0. The molecule has 1 heteroatoms. The molecule has 1 atom stereocenters. The predicted molar refractivity (Wildman–Crippen MR) is 68.2 cm³/mol. The van der Waals surface area contributed by atoms with Crippen LogP contribution in [-0.2, 0) is 0 Å². The van der Waals surface area contributed by atoms with E-state index in [1.807, 2.05) is 0 Å². The Hall–Kier alpha value is -0.300. The van der Waals surface area contributed by atoms with Gasteiger partial charge in [-0.15, -0.1) is 0 Å². The Kier molecular flexibility index (Phi) is 7.63. The molecule has 0 fully saturated rings. The zero-order valence-electron chi connectivity index (χ0n) is 10.3. The maximum absolute atomic E-state index is 3.66. The van der Waals surface area contributed by atoms with Crippen LogP contribution in [0.2, 0.25) is 0 Å². The van der Waals surface area contributed by atoms with E-state index >= 15 is 0 Å². The van der Waals surface area contributed by atoms with E-state index in [9.17, 15) is 0 Å². The molecule has 1 aliphatic carbocycles. The zero-order chi connectivity index (χ0) is 10.8. The molecule has 0 bridgehead atoms. The smallest absolute Gasteiger partial charge is 0.0104 e. The average molecular weight is 209 g/mol. The molecule has 1 rings (SSSR count). The van der Waals surface area contributed by atoms with Gasteiger partial charge in [-0.2, -0.15) is 0 Å². The van der Waals surface area contributed by atoms with Crippen molar-refractivity contribution >= 4 is 0 Å². The molecule has 0 amide bonds. The Labute approximate surface area is 95.3 Å². The molecule has 0 heterocycles. The summed E-state index contributed by atoms with van der Waals surface area (Å²) in [6.45, 7) is 3.50. The van der Waals surface area contributed by atoms with Crippen molar-refractivity contribution in [3.63, 3.8) is 0 Å². The number of unbranched alkanes of at least 4 members (excludes halogenated alkanes) is 5. The van der Waals surface area contributed by atoms with Crippen LogP contribution in [0.4, 0.5) is 0 Å². The van der Waals surface area contributed by atoms with E-state index < -0.39 is 0 Å². The average Bonchev–Trinajstić information content (AvgIpc) is 2.29. The van der Waals surface area contributed by atoms with Gasteiger partial charge in [-0.25, -0.2) is 0 Å². The van der Waals surface area contributed by atoms with Gasteiger partial charge in [0.15, 0.2) is 0 Å². The molecule has 1 N–H and O–H groups in total. The lowest BCUT2D eigenvalue weighted by atomic mass is 10.0. The van der Waals surface area contributed by atoms with Gasteiger partial charge in [0.05, 0.1) is 0 Å². The summed E-state index contributed by atoms with van der Waals surface area (Å²) in [5, 5.41) is 3.66. The molecule has 0 aliphatic heterocycles. The second-order valence-electron chi connectivity index (χ2n) is 4.70. The normalized spacial score (nSPS) is 20.7. The third kappa shape index (κ3) is 6.72. The molecule has 0 aromatic carbocycles. The molecule has 88 valence electrons. The van der Waals surface area contributed by atoms with Gasteiger partial charge >= 0.3 is 0 Å². The van der Waals surface area contributed by atoms with Gasteiger partial charge in [-0.1, -0.05) is 51.2 Å². The summed E-state index contributed by atoms with van der Waals surface area (Å²) >= 11 is 0. The van der Waals surface area contributed by atoms with Gasteiger partial charge < -0.3 is 5.32 Å². The highest BCUT2D eigenvalue weighted by atomic mass is 14.9. The van der Waals surface area contributed by atoms with Crippen LogP contribution in [0.1, 0.15) is 64.7 Å². The summed E-state index contributed by atoms with van der Waals surface area (Å²) in [5.74, 6) is 0. The summed E-state index contributed by atoms with van der Waals surface area (Å²) in [6.07, 6.45) is 16.9. The van der Waals surface area contributed by atoms with Crippen molar-refractivity contribution in [2.45, 2.75) is 70.8 Å². The number of hydrogen-bond acceptors (Lipinski definition) is 1. The molecule has 1 aliphatic rings. The Morgan fingerprint density at radius 3 is 2.60 bits per heavy atom. The molecular weight excluding hydrogens is 182 g/mol. The Morgan fingerprint density at radius 1 is 1.07 bits per heavy atom. The number of rotatable bonds is 8. The first-order valence-corrected chi connectivity index (χ1v) is 6.82. The largest absolute Gasteiger partial charge is 0.314 e. The van der Waals surface area contributed by atoms with Crippen LogP contribution in [0.5, 0.6) is 0 Å². The van der Waals surface area contributed by atoms with Crippen LogP contribution < -0.4 is 5.32 Å². The lowest BCUT2D eigenvalue weighted by molar-refractivity contribution is 0.460. The minimum atomic E-state index is 0.769. The molecule has 1 unspecified atom stereocenters. The van der Waals surface area contributed by atoms with Crippen LogP contribution in [0.15, 0.2) is 12.2 Å². The second-order valence-corrected chi connectivity index (χ2v) is 4.70. The third-order valence-corrected chi connectivity index (χ3v) is 3.23. The highest BCUT2D eigenvalue weighted by molar-refractivity contribution is 4.92. The van der Waals surface area contributed by atoms with Crippen molar-refractivity contribution in [1.29, 1.82) is 0 Å². The van der Waals surface area contributed by atoms with Crippen molar-refractivity contribution in [3.05, 3.63) is 12.2 Å². The fraction of sp³-hybridized carbons (Fsp3) is 0.857. The van der Waals surface area contributed by atoms with Gasteiger partial charge in [0.2, 0.25) is 0 Å². The lowest BCUT2D eigenvalue weighted by Gasteiger charge is -2.19. The van der Waals surface area contributed by atoms with E-state index in [4.69, 9.17) is 0 Å². The molecule has 0 spiro atoms. The van der Waals surface area contributed by atoms with E-state index in [-0.39, 0.29) is 0 Å². The SMILES string of the molecule is CCCCCCCCNC1CC=CCC1. The van der Waals surface area contributed by atoms with Gasteiger partial charge in [0.1, 0.15) is 0 Å². The number of allylic oxidation sites excluding steroid dienone is 1. The van der Waals surface area contributed by atoms with Crippen LogP contribution in [0.25, 0.3) is 0 Å². The van der Waals surface area contributed by atoms with Gasteiger partial charge in [0, 0.05) is 6.04 Å². The van der Waals surface area contributed by atoms with E-state index in [1.165, 1.54) is 64.3 Å². The minimum absolute atomic E-state index is 0.769. The van der Waals surface area contributed by atoms with E-state index in [0.29, 0.717) is 0 Å². The molecule has 1 nitrogen and oxygen atoms in total. The maximum Gasteiger partial charge on any atom is 0.0104 e. The van der Waals surface area contributed by atoms with Crippen molar-refractivity contribution in [3.8, 4) is 0 Å². The molecule has 0 radical (unpaired) electrons. The first-order valence-electron chi connectivity index (χ1n) is 6.82. The van der Waals surface area contributed by atoms with E-state index in [2.05, 4.69) is 24.4 Å². The molecule has 0 aromatic heterocycles. The molecule has 0 aromatic rings.